The lowest BCUT2D eigenvalue weighted by Crippen LogP contribution is -2.46. The highest BCUT2D eigenvalue weighted by atomic mass is 16.6. The molecule has 1 aromatic rings. The number of nitrogens with zero attached hydrogens (tertiary/aromatic N) is 4. The number of aromatic nitrogens is 2. The van der Waals surface area contributed by atoms with Crippen LogP contribution in [0.3, 0.4) is 0 Å². The number of carbonyl (C=O) groups excluding carboxylic acids is 1. The smallest absolute Gasteiger partial charge is 0.426 e. The number of nitriles is 1. The van der Waals surface area contributed by atoms with E-state index in [9.17, 15) is 4.79 Å². The fourth-order valence-electron chi connectivity index (χ4n) is 1.90. The zero-order valence-electron chi connectivity index (χ0n) is 15.5. The Balaban J connectivity index is 0.00000254. The maximum atomic E-state index is 12.0. The molecular weight excluding hydrogens is 306 g/mol. The van der Waals surface area contributed by atoms with Crippen LogP contribution in [0.2, 0.25) is 0 Å². The Morgan fingerprint density at radius 1 is 1.42 bits per heavy atom. The lowest BCUT2D eigenvalue weighted by atomic mass is 10.2. The van der Waals surface area contributed by atoms with Crippen molar-refractivity contribution in [2.45, 2.75) is 60.5 Å². The molecule has 1 N–H and O–H groups in total. The van der Waals surface area contributed by atoms with Crippen LogP contribution < -0.4 is 10.4 Å². The summed E-state index contributed by atoms with van der Waals surface area (Å²) in [5.74, 6) is 0.801. The third-order valence-electron chi connectivity index (χ3n) is 2.79. The van der Waals surface area contributed by atoms with Crippen LogP contribution in [-0.2, 0) is 4.74 Å². The number of anilines is 1. The molecule has 0 bridgehead atoms. The van der Waals surface area contributed by atoms with Crippen LogP contribution in [0.15, 0.2) is 12.3 Å². The zero-order chi connectivity index (χ0) is 18.5. The molecular formula is C17H29N5O2. The quantitative estimate of drug-likeness (QED) is 0.765. The molecule has 7 heteroatoms. The standard InChI is InChI=1S/C15H23N5O2.C2H6/c1-5-6-12(4)22-15(21)19-20(10-11(2)3)14-7-8-17-13(9-16)18-14;1-2/h7-8,11-12H,5-6,10H2,1-4H3,(H,19,21);1-2H3. The van der Waals surface area contributed by atoms with Gasteiger partial charge in [-0.05, 0) is 19.3 Å². The number of nitrogens with one attached hydrogen (secondary N) is 1. The van der Waals surface area contributed by atoms with Gasteiger partial charge in [-0.25, -0.2) is 15.2 Å². The van der Waals surface area contributed by atoms with Gasteiger partial charge >= 0.3 is 6.09 Å². The molecule has 0 aliphatic heterocycles. The van der Waals surface area contributed by atoms with E-state index in [1.54, 1.807) is 11.1 Å². The summed E-state index contributed by atoms with van der Waals surface area (Å²) in [4.78, 5) is 19.9. The third kappa shape index (κ3) is 8.32. The van der Waals surface area contributed by atoms with E-state index in [1.807, 2.05) is 47.6 Å². The molecule has 0 radical (unpaired) electrons. The van der Waals surface area contributed by atoms with Gasteiger partial charge in [-0.3, -0.25) is 5.01 Å². The molecule has 0 fully saturated rings. The Labute approximate surface area is 145 Å². The maximum Gasteiger partial charge on any atom is 0.426 e. The van der Waals surface area contributed by atoms with Crippen LogP contribution >= 0.6 is 0 Å². The first kappa shape index (κ1) is 21.6. The summed E-state index contributed by atoms with van der Waals surface area (Å²) in [6, 6.07) is 3.52. The van der Waals surface area contributed by atoms with Crippen LogP contribution in [-0.4, -0.2) is 28.7 Å². The molecule has 1 aromatic heterocycles. The third-order valence-corrected chi connectivity index (χ3v) is 2.79. The van der Waals surface area contributed by atoms with E-state index in [0.717, 1.165) is 12.8 Å². The zero-order valence-corrected chi connectivity index (χ0v) is 15.5. The molecule has 0 aliphatic carbocycles. The number of rotatable bonds is 7. The van der Waals surface area contributed by atoms with E-state index in [-0.39, 0.29) is 17.8 Å². The van der Waals surface area contributed by atoms with Crippen molar-refractivity contribution in [3.05, 3.63) is 18.1 Å². The molecule has 1 atom stereocenters. The maximum absolute atomic E-state index is 12.0. The number of hydrazine groups is 1. The minimum Gasteiger partial charge on any atom is -0.445 e. The van der Waals surface area contributed by atoms with E-state index < -0.39 is 6.09 Å². The fraction of sp³-hybridized carbons (Fsp3) is 0.647. The van der Waals surface area contributed by atoms with Gasteiger partial charge in [0.25, 0.3) is 0 Å². The van der Waals surface area contributed by atoms with Crippen LogP contribution in [0.25, 0.3) is 0 Å². The van der Waals surface area contributed by atoms with Gasteiger partial charge in [-0.2, -0.15) is 10.2 Å². The predicted molar refractivity (Wildman–Crippen MR) is 94.3 cm³/mol. The van der Waals surface area contributed by atoms with Crippen molar-refractivity contribution in [1.29, 1.82) is 5.26 Å². The normalized spacial score (nSPS) is 10.9. The monoisotopic (exact) mass is 335 g/mol. The van der Waals surface area contributed by atoms with Crippen molar-refractivity contribution < 1.29 is 9.53 Å². The van der Waals surface area contributed by atoms with E-state index in [1.165, 1.54) is 6.20 Å². The predicted octanol–water partition coefficient (Wildman–Crippen LogP) is 3.67. The molecule has 1 amide bonds. The summed E-state index contributed by atoms with van der Waals surface area (Å²) < 4.78 is 5.28. The molecule has 24 heavy (non-hydrogen) atoms. The molecule has 7 nitrogen and oxygen atoms in total. The van der Waals surface area contributed by atoms with Gasteiger partial charge in [0, 0.05) is 18.8 Å². The van der Waals surface area contributed by atoms with Crippen molar-refractivity contribution in [3.63, 3.8) is 0 Å². The summed E-state index contributed by atoms with van der Waals surface area (Å²) in [6.45, 7) is 12.5. The summed E-state index contributed by atoms with van der Waals surface area (Å²) in [6.07, 6.45) is 2.57. The Bertz CT molecular complexity index is 528. The largest absolute Gasteiger partial charge is 0.445 e. The first-order valence-electron chi connectivity index (χ1n) is 8.44. The minimum atomic E-state index is -0.529. The van der Waals surface area contributed by atoms with Gasteiger partial charge in [-0.15, -0.1) is 0 Å². The van der Waals surface area contributed by atoms with Gasteiger partial charge in [-0.1, -0.05) is 41.0 Å². The number of amides is 1. The molecule has 0 aliphatic rings. The van der Waals surface area contributed by atoms with E-state index in [2.05, 4.69) is 15.4 Å². The molecule has 134 valence electrons. The number of carbonyl (C=O) groups is 1. The Morgan fingerprint density at radius 2 is 2.08 bits per heavy atom. The number of hydrogen-bond acceptors (Lipinski definition) is 6. The van der Waals surface area contributed by atoms with E-state index in [4.69, 9.17) is 10.00 Å². The van der Waals surface area contributed by atoms with Crippen molar-refractivity contribution in [2.75, 3.05) is 11.6 Å². The fourth-order valence-corrected chi connectivity index (χ4v) is 1.90. The first-order valence-corrected chi connectivity index (χ1v) is 8.44. The summed E-state index contributed by atoms with van der Waals surface area (Å²) in [5, 5.41) is 10.5. The molecule has 1 heterocycles. The van der Waals surface area contributed by atoms with Crippen molar-refractivity contribution in [1.82, 2.24) is 15.4 Å². The van der Waals surface area contributed by atoms with Crippen molar-refractivity contribution in [3.8, 4) is 6.07 Å². The van der Waals surface area contributed by atoms with Gasteiger partial charge in [0.15, 0.2) is 5.82 Å². The summed E-state index contributed by atoms with van der Waals surface area (Å²) >= 11 is 0. The first-order chi connectivity index (χ1) is 11.5. The Morgan fingerprint density at radius 3 is 2.62 bits per heavy atom. The average molecular weight is 335 g/mol. The van der Waals surface area contributed by atoms with Gasteiger partial charge in [0.05, 0.1) is 0 Å². The average Bonchev–Trinajstić information content (AvgIpc) is 2.55. The van der Waals surface area contributed by atoms with Crippen molar-refractivity contribution >= 4 is 11.9 Å². The molecule has 0 aromatic carbocycles. The Kier molecular flexibility index (Phi) is 10.9. The lowest BCUT2D eigenvalue weighted by molar-refractivity contribution is 0.101. The van der Waals surface area contributed by atoms with Crippen LogP contribution in [0.5, 0.6) is 0 Å². The molecule has 0 spiro atoms. The number of hydrogen-bond donors (Lipinski definition) is 1. The highest BCUT2D eigenvalue weighted by Gasteiger charge is 2.16. The van der Waals surface area contributed by atoms with Gasteiger partial charge in [0.2, 0.25) is 5.82 Å². The second-order valence-electron chi connectivity index (χ2n) is 5.47. The lowest BCUT2D eigenvalue weighted by Gasteiger charge is -2.26. The second kappa shape index (κ2) is 12.1. The van der Waals surface area contributed by atoms with E-state index >= 15 is 0 Å². The van der Waals surface area contributed by atoms with Crippen LogP contribution in [0.1, 0.15) is 60.2 Å². The minimum absolute atomic E-state index is 0.0563. The van der Waals surface area contributed by atoms with Crippen molar-refractivity contribution in [2.24, 2.45) is 5.92 Å². The van der Waals surface area contributed by atoms with E-state index in [0.29, 0.717) is 12.4 Å². The molecule has 0 saturated heterocycles. The topological polar surface area (TPSA) is 91.1 Å². The highest BCUT2D eigenvalue weighted by molar-refractivity contribution is 5.69. The van der Waals surface area contributed by atoms with Gasteiger partial charge < -0.3 is 4.74 Å². The van der Waals surface area contributed by atoms with Crippen LogP contribution in [0.4, 0.5) is 10.6 Å². The van der Waals surface area contributed by atoms with Gasteiger partial charge in [0.1, 0.15) is 12.2 Å². The second-order valence-corrected chi connectivity index (χ2v) is 5.47. The molecule has 0 saturated carbocycles. The van der Waals surface area contributed by atoms with Crippen LogP contribution in [0, 0.1) is 17.2 Å². The molecule has 1 rings (SSSR count). The summed E-state index contributed by atoms with van der Waals surface area (Å²) in [7, 11) is 0. The summed E-state index contributed by atoms with van der Waals surface area (Å²) in [5.41, 5.74) is 2.68. The SMILES string of the molecule is CC.CCCC(C)OC(=O)NN(CC(C)C)c1ccnc(C#N)n1. The number of ether oxygens (including phenoxy) is 1. The molecule has 1 unspecified atom stereocenters. The highest BCUT2D eigenvalue weighted by Crippen LogP contribution is 2.11. The Hall–Kier alpha value is -2.36.